The maximum atomic E-state index is 5.73. The van der Waals surface area contributed by atoms with Gasteiger partial charge in [-0.25, -0.2) is 0 Å². The first-order valence-corrected chi connectivity index (χ1v) is 8.16. The van der Waals surface area contributed by atoms with Gasteiger partial charge in [0.1, 0.15) is 0 Å². The van der Waals surface area contributed by atoms with Gasteiger partial charge in [0.15, 0.2) is 0 Å². The zero-order valence-electron chi connectivity index (χ0n) is 13.1. The van der Waals surface area contributed by atoms with Crippen molar-refractivity contribution in [2.24, 2.45) is 0 Å². The smallest absolute Gasteiger partial charge is 0.0593 e. The van der Waals surface area contributed by atoms with Gasteiger partial charge in [-0.3, -0.25) is 4.90 Å². The lowest BCUT2D eigenvalue weighted by Crippen LogP contribution is -2.69. The standard InChI is InChI=1S/C16H32N2O/c1-4-11-19-12-10-18-14-15(2,3)17-13-16(18)8-6-5-7-9-16/h17H,4-14H2,1-3H3. The molecule has 1 heterocycles. The van der Waals surface area contributed by atoms with Gasteiger partial charge in [0, 0.05) is 37.3 Å². The van der Waals surface area contributed by atoms with Crippen LogP contribution in [0.1, 0.15) is 59.3 Å². The average Bonchev–Trinajstić information content (AvgIpc) is 2.40. The first-order chi connectivity index (χ1) is 9.08. The second-order valence-corrected chi connectivity index (χ2v) is 7.06. The van der Waals surface area contributed by atoms with E-state index in [2.05, 4.69) is 31.0 Å². The van der Waals surface area contributed by atoms with Gasteiger partial charge in [0.2, 0.25) is 0 Å². The summed E-state index contributed by atoms with van der Waals surface area (Å²) in [4.78, 5) is 2.73. The van der Waals surface area contributed by atoms with Crippen LogP contribution in [0.3, 0.4) is 0 Å². The van der Waals surface area contributed by atoms with E-state index in [0.717, 1.165) is 39.3 Å². The molecule has 2 aliphatic rings. The second-order valence-electron chi connectivity index (χ2n) is 7.06. The Hall–Kier alpha value is -0.120. The zero-order valence-corrected chi connectivity index (χ0v) is 13.1. The van der Waals surface area contributed by atoms with E-state index < -0.39 is 0 Å². The van der Waals surface area contributed by atoms with Crippen LogP contribution in [0.4, 0.5) is 0 Å². The molecule has 0 aromatic carbocycles. The van der Waals surface area contributed by atoms with Crippen LogP contribution in [0.15, 0.2) is 0 Å². The quantitative estimate of drug-likeness (QED) is 0.776. The molecular formula is C16H32N2O. The third-order valence-corrected chi connectivity index (χ3v) is 4.79. The fraction of sp³-hybridized carbons (Fsp3) is 1.00. The van der Waals surface area contributed by atoms with Crippen molar-refractivity contribution in [2.45, 2.75) is 70.4 Å². The van der Waals surface area contributed by atoms with Gasteiger partial charge in [0.05, 0.1) is 6.61 Å². The zero-order chi connectivity index (χ0) is 13.8. The summed E-state index contributed by atoms with van der Waals surface area (Å²) < 4.78 is 5.73. The van der Waals surface area contributed by atoms with Crippen LogP contribution in [-0.4, -0.2) is 48.8 Å². The molecule has 1 saturated carbocycles. The maximum absolute atomic E-state index is 5.73. The lowest BCUT2D eigenvalue weighted by atomic mass is 9.77. The maximum Gasteiger partial charge on any atom is 0.0593 e. The van der Waals surface area contributed by atoms with Gasteiger partial charge in [-0.1, -0.05) is 26.2 Å². The molecule has 0 amide bonds. The lowest BCUT2D eigenvalue weighted by molar-refractivity contribution is -0.0274. The van der Waals surface area contributed by atoms with Crippen LogP contribution in [0.2, 0.25) is 0 Å². The molecule has 0 aromatic rings. The van der Waals surface area contributed by atoms with E-state index in [1.54, 1.807) is 0 Å². The average molecular weight is 268 g/mol. The lowest BCUT2D eigenvalue weighted by Gasteiger charge is -2.54. The number of ether oxygens (including phenoxy) is 1. The minimum Gasteiger partial charge on any atom is -0.380 e. The molecule has 0 unspecified atom stereocenters. The fourth-order valence-corrected chi connectivity index (χ4v) is 3.66. The summed E-state index contributed by atoms with van der Waals surface area (Å²) in [6.45, 7) is 12.0. The Morgan fingerprint density at radius 2 is 1.84 bits per heavy atom. The van der Waals surface area contributed by atoms with E-state index in [0.29, 0.717) is 5.54 Å². The molecule has 1 aliphatic heterocycles. The van der Waals surface area contributed by atoms with Crippen LogP contribution >= 0.6 is 0 Å². The number of nitrogens with zero attached hydrogens (tertiary/aromatic N) is 1. The highest BCUT2D eigenvalue weighted by Crippen LogP contribution is 2.36. The molecule has 112 valence electrons. The Balaban J connectivity index is 1.95. The predicted octanol–water partition coefficient (Wildman–Crippen LogP) is 2.80. The molecular weight excluding hydrogens is 236 g/mol. The Labute approximate surface area is 119 Å². The van der Waals surface area contributed by atoms with Crippen LogP contribution in [0, 0.1) is 0 Å². The van der Waals surface area contributed by atoms with Crippen molar-refractivity contribution in [3.05, 3.63) is 0 Å². The predicted molar refractivity (Wildman–Crippen MR) is 80.6 cm³/mol. The van der Waals surface area contributed by atoms with Gasteiger partial charge in [-0.15, -0.1) is 0 Å². The minimum atomic E-state index is 0.244. The third kappa shape index (κ3) is 3.93. The van der Waals surface area contributed by atoms with E-state index >= 15 is 0 Å². The van der Waals surface area contributed by atoms with E-state index in [-0.39, 0.29) is 5.54 Å². The SMILES string of the molecule is CCCOCCN1CC(C)(C)NCC12CCCCC2. The van der Waals surface area contributed by atoms with Gasteiger partial charge >= 0.3 is 0 Å². The van der Waals surface area contributed by atoms with Crippen molar-refractivity contribution in [3.8, 4) is 0 Å². The summed E-state index contributed by atoms with van der Waals surface area (Å²) in [7, 11) is 0. The van der Waals surface area contributed by atoms with Crippen LogP contribution in [0.5, 0.6) is 0 Å². The van der Waals surface area contributed by atoms with Crippen molar-refractivity contribution in [1.82, 2.24) is 10.2 Å². The molecule has 1 N–H and O–H groups in total. The minimum absolute atomic E-state index is 0.244. The first-order valence-electron chi connectivity index (χ1n) is 8.16. The summed E-state index contributed by atoms with van der Waals surface area (Å²) >= 11 is 0. The summed E-state index contributed by atoms with van der Waals surface area (Å²) in [5.41, 5.74) is 0.663. The van der Waals surface area contributed by atoms with Gasteiger partial charge < -0.3 is 10.1 Å². The molecule has 2 rings (SSSR count). The van der Waals surface area contributed by atoms with Gasteiger partial charge in [0.25, 0.3) is 0 Å². The van der Waals surface area contributed by atoms with E-state index in [9.17, 15) is 0 Å². The van der Waals surface area contributed by atoms with E-state index in [1.165, 1.54) is 32.1 Å². The molecule has 1 spiro atoms. The van der Waals surface area contributed by atoms with Crippen molar-refractivity contribution >= 4 is 0 Å². The molecule has 0 bridgehead atoms. The summed E-state index contributed by atoms with van der Waals surface area (Å²) in [6, 6.07) is 0. The number of piperazine rings is 1. The second kappa shape index (κ2) is 6.55. The Morgan fingerprint density at radius 3 is 2.53 bits per heavy atom. The van der Waals surface area contributed by atoms with Crippen molar-refractivity contribution in [3.63, 3.8) is 0 Å². The molecule has 0 aromatic heterocycles. The van der Waals surface area contributed by atoms with Crippen molar-refractivity contribution in [2.75, 3.05) is 32.8 Å². The third-order valence-electron chi connectivity index (χ3n) is 4.79. The summed E-state index contributed by atoms with van der Waals surface area (Å²) in [5.74, 6) is 0. The van der Waals surface area contributed by atoms with Gasteiger partial charge in [-0.05, 0) is 33.1 Å². The fourth-order valence-electron chi connectivity index (χ4n) is 3.66. The number of nitrogens with one attached hydrogen (secondary N) is 1. The molecule has 0 atom stereocenters. The summed E-state index contributed by atoms with van der Waals surface area (Å²) in [5, 5.41) is 3.77. The van der Waals surface area contributed by atoms with Gasteiger partial charge in [-0.2, -0.15) is 0 Å². The topological polar surface area (TPSA) is 24.5 Å². The molecule has 3 heteroatoms. The monoisotopic (exact) mass is 268 g/mol. The van der Waals surface area contributed by atoms with E-state index in [1.807, 2.05) is 0 Å². The van der Waals surface area contributed by atoms with Crippen molar-refractivity contribution in [1.29, 1.82) is 0 Å². The van der Waals surface area contributed by atoms with Crippen molar-refractivity contribution < 1.29 is 4.74 Å². The van der Waals surface area contributed by atoms with E-state index in [4.69, 9.17) is 4.74 Å². The Morgan fingerprint density at radius 1 is 1.11 bits per heavy atom. The molecule has 1 aliphatic carbocycles. The van der Waals surface area contributed by atoms with Crippen LogP contribution in [-0.2, 0) is 4.74 Å². The Kier molecular flexibility index (Phi) is 5.27. The van der Waals surface area contributed by atoms with Crippen LogP contribution < -0.4 is 5.32 Å². The molecule has 0 radical (unpaired) electrons. The first kappa shape index (κ1) is 15.3. The number of hydrogen-bond acceptors (Lipinski definition) is 3. The molecule has 2 fully saturated rings. The largest absolute Gasteiger partial charge is 0.380 e. The highest BCUT2D eigenvalue weighted by atomic mass is 16.5. The normalized spacial score (nSPS) is 26.7. The summed E-state index contributed by atoms with van der Waals surface area (Å²) in [6.07, 6.45) is 8.07. The molecule has 1 saturated heterocycles. The number of rotatable bonds is 5. The number of hydrogen-bond donors (Lipinski definition) is 1. The highest BCUT2D eigenvalue weighted by Gasteiger charge is 2.44. The van der Waals surface area contributed by atoms with Crippen LogP contribution in [0.25, 0.3) is 0 Å². The Bertz CT molecular complexity index is 272. The highest BCUT2D eigenvalue weighted by molar-refractivity contribution is 5.03. The molecule has 3 nitrogen and oxygen atoms in total. The molecule has 19 heavy (non-hydrogen) atoms.